The van der Waals surface area contributed by atoms with Gasteiger partial charge in [-0.2, -0.15) is 0 Å². The van der Waals surface area contributed by atoms with Crippen molar-refractivity contribution in [3.8, 4) is 0 Å². The summed E-state index contributed by atoms with van der Waals surface area (Å²) in [6, 6.07) is 5.16. The van der Waals surface area contributed by atoms with Crippen LogP contribution in [0.25, 0.3) is 0 Å². The number of hydrogen-bond acceptors (Lipinski definition) is 2. The van der Waals surface area contributed by atoms with Gasteiger partial charge >= 0.3 is 0 Å². The molecule has 0 radical (unpaired) electrons. The molecule has 1 aromatic rings. The standard InChI is InChI=1S/C8H12N2OS/c1-6-3-4-8(5-7(6)2)12(9,10)11/h3-5H,1-2H3,(H3,9,10,11). The molecule has 1 unspecified atom stereocenters. The van der Waals surface area contributed by atoms with Gasteiger partial charge in [0.15, 0.2) is 0 Å². The number of nitrogens with one attached hydrogen (secondary N) is 1. The molecule has 0 fully saturated rings. The molecular weight excluding hydrogens is 172 g/mol. The van der Waals surface area contributed by atoms with Crippen molar-refractivity contribution in [1.29, 1.82) is 4.78 Å². The molecule has 0 heterocycles. The van der Waals surface area contributed by atoms with Crippen LogP contribution in [0.1, 0.15) is 11.1 Å². The highest BCUT2D eigenvalue weighted by Crippen LogP contribution is 2.13. The lowest BCUT2D eigenvalue weighted by atomic mass is 10.1. The van der Waals surface area contributed by atoms with E-state index in [0.29, 0.717) is 4.90 Å². The van der Waals surface area contributed by atoms with Crippen LogP contribution in [-0.4, -0.2) is 4.21 Å². The SMILES string of the molecule is Cc1ccc(S(=N)(N)=O)cc1C. The molecule has 0 spiro atoms. The molecule has 3 nitrogen and oxygen atoms in total. The Balaban J connectivity index is 3.33. The number of rotatable bonds is 1. The van der Waals surface area contributed by atoms with Crippen molar-refractivity contribution in [2.24, 2.45) is 5.14 Å². The van der Waals surface area contributed by atoms with E-state index in [0.717, 1.165) is 11.1 Å². The van der Waals surface area contributed by atoms with Crippen LogP contribution in [0.2, 0.25) is 0 Å². The van der Waals surface area contributed by atoms with E-state index in [2.05, 4.69) is 0 Å². The third kappa shape index (κ3) is 1.84. The normalized spacial score (nSPS) is 15.6. The third-order valence-electron chi connectivity index (χ3n) is 1.83. The highest BCUT2D eigenvalue weighted by atomic mass is 32.2. The second-order valence-electron chi connectivity index (χ2n) is 2.85. The maximum Gasteiger partial charge on any atom is 0.132 e. The van der Waals surface area contributed by atoms with Gasteiger partial charge in [0, 0.05) is 0 Å². The molecule has 3 N–H and O–H groups in total. The van der Waals surface area contributed by atoms with E-state index in [1.54, 1.807) is 12.1 Å². The quantitative estimate of drug-likeness (QED) is 0.683. The van der Waals surface area contributed by atoms with Crippen LogP contribution in [0.5, 0.6) is 0 Å². The molecular formula is C8H12N2OS. The molecule has 0 aliphatic rings. The van der Waals surface area contributed by atoms with E-state index < -0.39 is 9.92 Å². The predicted octanol–water partition coefficient (Wildman–Crippen LogP) is 1.58. The van der Waals surface area contributed by atoms with Crippen molar-refractivity contribution >= 4 is 9.92 Å². The zero-order valence-corrected chi connectivity index (χ0v) is 7.94. The molecule has 1 aromatic carbocycles. The zero-order valence-electron chi connectivity index (χ0n) is 7.13. The number of hydrogen-bond donors (Lipinski definition) is 2. The summed E-state index contributed by atoms with van der Waals surface area (Å²) in [5.41, 5.74) is 2.13. The molecule has 1 atom stereocenters. The van der Waals surface area contributed by atoms with Crippen LogP contribution >= 0.6 is 0 Å². The molecule has 4 heteroatoms. The summed E-state index contributed by atoms with van der Waals surface area (Å²) >= 11 is 0. The first kappa shape index (κ1) is 9.22. The minimum atomic E-state index is -3.04. The van der Waals surface area contributed by atoms with Crippen LogP contribution in [0.3, 0.4) is 0 Å². The van der Waals surface area contributed by atoms with Gasteiger partial charge < -0.3 is 0 Å². The Hall–Kier alpha value is -0.870. The van der Waals surface area contributed by atoms with Crippen LogP contribution in [0, 0.1) is 18.6 Å². The van der Waals surface area contributed by atoms with Crippen LogP contribution < -0.4 is 5.14 Å². The first-order chi connectivity index (χ1) is 5.41. The second-order valence-corrected chi connectivity index (χ2v) is 4.52. The fourth-order valence-corrected chi connectivity index (χ4v) is 1.52. The molecule has 0 bridgehead atoms. The monoisotopic (exact) mass is 184 g/mol. The maximum atomic E-state index is 11.1. The number of aryl methyl sites for hydroxylation is 2. The lowest BCUT2D eigenvalue weighted by molar-refractivity contribution is 0.676. The molecule has 0 aliphatic heterocycles. The van der Waals surface area contributed by atoms with Crippen molar-refractivity contribution < 1.29 is 4.21 Å². The van der Waals surface area contributed by atoms with Crippen molar-refractivity contribution in [3.05, 3.63) is 29.3 Å². The molecule has 0 saturated heterocycles. The molecule has 0 saturated carbocycles. The summed E-state index contributed by atoms with van der Waals surface area (Å²) in [6.07, 6.45) is 0. The summed E-state index contributed by atoms with van der Waals surface area (Å²) < 4.78 is 18.2. The van der Waals surface area contributed by atoms with Gasteiger partial charge in [-0.15, -0.1) is 0 Å². The Labute approximate surface area is 72.7 Å². The topological polar surface area (TPSA) is 66.9 Å². The summed E-state index contributed by atoms with van der Waals surface area (Å²) in [6.45, 7) is 3.87. The average Bonchev–Trinajstić information content (AvgIpc) is 1.92. The Morgan fingerprint density at radius 3 is 2.33 bits per heavy atom. The van der Waals surface area contributed by atoms with Gasteiger partial charge in [-0.1, -0.05) is 6.07 Å². The van der Waals surface area contributed by atoms with E-state index in [1.807, 2.05) is 19.9 Å². The summed E-state index contributed by atoms with van der Waals surface area (Å²) in [5, 5.41) is 5.17. The summed E-state index contributed by atoms with van der Waals surface area (Å²) in [4.78, 5) is 0.394. The van der Waals surface area contributed by atoms with E-state index in [9.17, 15) is 4.21 Å². The number of benzene rings is 1. The second kappa shape index (κ2) is 2.88. The number of nitrogens with two attached hydrogens (primary N) is 1. The molecule has 66 valence electrons. The Morgan fingerprint density at radius 2 is 1.92 bits per heavy atom. The summed E-state index contributed by atoms with van der Waals surface area (Å²) in [5.74, 6) is 0. The zero-order chi connectivity index (χ0) is 9.35. The Kier molecular flexibility index (Phi) is 2.21. The minimum Gasteiger partial charge on any atom is -0.241 e. The van der Waals surface area contributed by atoms with Crippen molar-refractivity contribution in [1.82, 2.24) is 0 Å². The van der Waals surface area contributed by atoms with Crippen LogP contribution in [-0.2, 0) is 9.92 Å². The van der Waals surface area contributed by atoms with Gasteiger partial charge in [-0.3, -0.25) is 0 Å². The van der Waals surface area contributed by atoms with E-state index in [1.165, 1.54) is 0 Å². The van der Waals surface area contributed by atoms with Gasteiger partial charge in [0.25, 0.3) is 0 Å². The minimum absolute atomic E-state index is 0.394. The molecule has 0 aliphatic carbocycles. The molecule has 1 rings (SSSR count). The molecule has 0 aromatic heterocycles. The van der Waals surface area contributed by atoms with Crippen molar-refractivity contribution in [2.75, 3.05) is 0 Å². The first-order valence-electron chi connectivity index (χ1n) is 3.55. The van der Waals surface area contributed by atoms with Crippen molar-refractivity contribution in [2.45, 2.75) is 18.7 Å². The van der Waals surface area contributed by atoms with Gasteiger partial charge in [0.1, 0.15) is 9.92 Å². The molecule has 0 amide bonds. The highest BCUT2D eigenvalue weighted by molar-refractivity contribution is 7.90. The summed E-state index contributed by atoms with van der Waals surface area (Å²) in [7, 11) is -3.04. The van der Waals surface area contributed by atoms with E-state index in [-0.39, 0.29) is 0 Å². The van der Waals surface area contributed by atoms with E-state index in [4.69, 9.17) is 9.92 Å². The average molecular weight is 184 g/mol. The van der Waals surface area contributed by atoms with Gasteiger partial charge in [-0.25, -0.2) is 14.1 Å². The first-order valence-corrected chi connectivity index (χ1v) is 5.17. The predicted molar refractivity (Wildman–Crippen MR) is 49.2 cm³/mol. The van der Waals surface area contributed by atoms with Gasteiger partial charge in [-0.05, 0) is 37.1 Å². The lowest BCUT2D eigenvalue weighted by Crippen LogP contribution is -2.10. The molecule has 12 heavy (non-hydrogen) atoms. The van der Waals surface area contributed by atoms with E-state index >= 15 is 0 Å². The highest BCUT2D eigenvalue weighted by Gasteiger charge is 2.03. The maximum absolute atomic E-state index is 11.1. The smallest absolute Gasteiger partial charge is 0.132 e. The third-order valence-corrected chi connectivity index (χ3v) is 2.78. The van der Waals surface area contributed by atoms with Crippen LogP contribution in [0.4, 0.5) is 0 Å². The van der Waals surface area contributed by atoms with Crippen LogP contribution in [0.15, 0.2) is 23.1 Å². The lowest BCUT2D eigenvalue weighted by Gasteiger charge is -2.04. The fourth-order valence-electron chi connectivity index (χ4n) is 0.903. The largest absolute Gasteiger partial charge is 0.241 e. The Morgan fingerprint density at radius 1 is 1.33 bits per heavy atom. The fraction of sp³-hybridized carbons (Fsp3) is 0.250. The van der Waals surface area contributed by atoms with Gasteiger partial charge in [0.2, 0.25) is 0 Å². The van der Waals surface area contributed by atoms with Crippen molar-refractivity contribution in [3.63, 3.8) is 0 Å². The van der Waals surface area contributed by atoms with Gasteiger partial charge in [0.05, 0.1) is 4.90 Å². The Bertz CT molecular complexity index is 396.